The van der Waals surface area contributed by atoms with Gasteiger partial charge in [0.15, 0.2) is 0 Å². The molecular weight excluding hydrogens is 464 g/mol. The SMILES string of the molecule is C=C1c2c(C)nc(SC)c(C#N)c2N=CN1CCN1C=Nc2c(C#N)c(SC)nc(C)c2C1=C. The van der Waals surface area contributed by atoms with Gasteiger partial charge in [-0.25, -0.2) is 20.0 Å². The summed E-state index contributed by atoms with van der Waals surface area (Å²) in [4.78, 5) is 22.2. The van der Waals surface area contributed by atoms with E-state index in [0.29, 0.717) is 45.6 Å². The fraction of sp³-hybridized carbons (Fsp3) is 0.250. The summed E-state index contributed by atoms with van der Waals surface area (Å²) < 4.78 is 0. The van der Waals surface area contributed by atoms with Crippen LogP contribution < -0.4 is 0 Å². The quantitative estimate of drug-likeness (QED) is 0.551. The Bertz CT molecular complexity index is 1270. The van der Waals surface area contributed by atoms with Crippen LogP contribution in [0.5, 0.6) is 0 Å². The molecule has 2 aliphatic rings. The van der Waals surface area contributed by atoms with Crippen molar-refractivity contribution in [2.45, 2.75) is 23.9 Å². The second kappa shape index (κ2) is 9.34. The van der Waals surface area contributed by atoms with E-state index in [0.717, 1.165) is 33.9 Å². The molecule has 10 heteroatoms. The van der Waals surface area contributed by atoms with Gasteiger partial charge in [-0.2, -0.15) is 10.5 Å². The number of hydrogen-bond donors (Lipinski definition) is 0. The molecule has 2 aromatic rings. The molecule has 0 saturated carbocycles. The first kappa shape index (κ1) is 23.6. The van der Waals surface area contributed by atoms with E-state index in [1.807, 2.05) is 36.2 Å². The summed E-state index contributed by atoms with van der Waals surface area (Å²) in [5, 5.41) is 20.6. The van der Waals surface area contributed by atoms with Gasteiger partial charge in [-0.1, -0.05) is 13.2 Å². The van der Waals surface area contributed by atoms with E-state index < -0.39 is 0 Å². The zero-order valence-electron chi connectivity index (χ0n) is 19.4. The molecule has 0 aromatic carbocycles. The Hall–Kier alpha value is -3.60. The Morgan fingerprint density at radius 1 is 0.794 bits per heavy atom. The lowest BCUT2D eigenvalue weighted by atomic mass is 10.0. The lowest BCUT2D eigenvalue weighted by Crippen LogP contribution is -2.34. The van der Waals surface area contributed by atoms with Crippen LogP contribution >= 0.6 is 23.5 Å². The summed E-state index contributed by atoms with van der Waals surface area (Å²) in [5.41, 5.74) is 6.83. The molecule has 0 aliphatic carbocycles. The van der Waals surface area contributed by atoms with Crippen LogP contribution in [0.25, 0.3) is 11.4 Å². The van der Waals surface area contributed by atoms with E-state index in [2.05, 4.69) is 45.2 Å². The van der Waals surface area contributed by atoms with Gasteiger partial charge in [-0.05, 0) is 26.4 Å². The summed E-state index contributed by atoms with van der Waals surface area (Å²) in [7, 11) is 0. The van der Waals surface area contributed by atoms with Crippen molar-refractivity contribution in [1.82, 2.24) is 19.8 Å². The maximum Gasteiger partial charge on any atom is 0.116 e. The van der Waals surface area contributed by atoms with Gasteiger partial charge >= 0.3 is 0 Å². The van der Waals surface area contributed by atoms with Gasteiger partial charge in [0.2, 0.25) is 0 Å². The van der Waals surface area contributed by atoms with Crippen molar-refractivity contribution in [1.29, 1.82) is 10.5 Å². The molecule has 0 bridgehead atoms. The molecule has 2 aliphatic heterocycles. The minimum Gasteiger partial charge on any atom is -0.330 e. The maximum atomic E-state index is 9.65. The number of pyridine rings is 2. The predicted molar refractivity (Wildman–Crippen MR) is 139 cm³/mol. The molecule has 0 N–H and O–H groups in total. The highest BCUT2D eigenvalue weighted by Crippen LogP contribution is 2.40. The van der Waals surface area contributed by atoms with Crippen molar-refractivity contribution in [2.75, 3.05) is 25.6 Å². The standard InChI is InChI=1S/C24H22N8S2/c1-13-19-15(3)31(11-27-21(19)17(9-25)23(29-13)33-5)7-8-32-12-28-22-18(10-26)24(34-6)30-14(2)20(22)16(32)4/h11-12H,3-4,7-8H2,1-2,5-6H3. The van der Waals surface area contributed by atoms with Gasteiger partial charge in [0.1, 0.15) is 33.3 Å². The van der Waals surface area contributed by atoms with Crippen molar-refractivity contribution < 1.29 is 0 Å². The molecular formula is C24H22N8S2. The Kier molecular flexibility index (Phi) is 6.47. The second-order valence-electron chi connectivity index (χ2n) is 7.60. The van der Waals surface area contributed by atoms with Crippen LogP contribution in [0, 0.1) is 36.5 Å². The first-order chi connectivity index (χ1) is 16.4. The molecule has 0 unspecified atom stereocenters. The van der Waals surface area contributed by atoms with Crippen LogP contribution in [-0.2, 0) is 0 Å². The molecule has 0 saturated heterocycles. The molecule has 34 heavy (non-hydrogen) atoms. The van der Waals surface area contributed by atoms with Gasteiger partial charge < -0.3 is 9.80 Å². The third-order valence-electron chi connectivity index (χ3n) is 5.75. The van der Waals surface area contributed by atoms with Crippen LogP contribution in [0.4, 0.5) is 11.4 Å². The number of aryl methyl sites for hydroxylation is 2. The second-order valence-corrected chi connectivity index (χ2v) is 9.19. The van der Waals surface area contributed by atoms with E-state index >= 15 is 0 Å². The third kappa shape index (κ3) is 3.75. The van der Waals surface area contributed by atoms with Crippen LogP contribution in [0.1, 0.15) is 33.6 Å². The van der Waals surface area contributed by atoms with Gasteiger partial charge in [-0.15, -0.1) is 23.5 Å². The number of hydrogen-bond acceptors (Lipinski definition) is 10. The molecule has 0 atom stereocenters. The molecule has 0 radical (unpaired) electrons. The zero-order chi connectivity index (χ0) is 24.6. The molecule has 8 nitrogen and oxygen atoms in total. The van der Waals surface area contributed by atoms with Crippen LogP contribution in [0.3, 0.4) is 0 Å². The van der Waals surface area contributed by atoms with Crippen molar-refractivity contribution in [3.05, 3.63) is 46.8 Å². The average molecular weight is 487 g/mol. The monoisotopic (exact) mass is 486 g/mol. The summed E-state index contributed by atoms with van der Waals surface area (Å²) >= 11 is 2.86. The summed E-state index contributed by atoms with van der Waals surface area (Å²) in [5.74, 6) is 0. The summed E-state index contributed by atoms with van der Waals surface area (Å²) in [6.45, 7) is 13.5. The number of aromatic nitrogens is 2. The van der Waals surface area contributed by atoms with E-state index in [1.165, 1.54) is 23.5 Å². The molecule has 0 fully saturated rings. The fourth-order valence-corrected chi connectivity index (χ4v) is 5.20. The van der Waals surface area contributed by atoms with E-state index in [1.54, 1.807) is 12.7 Å². The molecule has 0 spiro atoms. The van der Waals surface area contributed by atoms with Crippen LogP contribution in [0.2, 0.25) is 0 Å². The molecule has 0 amide bonds. The number of rotatable bonds is 5. The van der Waals surface area contributed by atoms with Crippen molar-refractivity contribution in [3.8, 4) is 12.1 Å². The van der Waals surface area contributed by atoms with Crippen molar-refractivity contribution in [2.24, 2.45) is 9.98 Å². The third-order valence-corrected chi connectivity index (χ3v) is 7.12. The largest absolute Gasteiger partial charge is 0.330 e. The summed E-state index contributed by atoms with van der Waals surface area (Å²) in [6.07, 6.45) is 7.20. The Morgan fingerprint density at radius 2 is 1.18 bits per heavy atom. The highest BCUT2D eigenvalue weighted by molar-refractivity contribution is 7.98. The van der Waals surface area contributed by atoms with Crippen LogP contribution in [0.15, 0.2) is 33.2 Å². The molecule has 2 aromatic heterocycles. The highest BCUT2D eigenvalue weighted by atomic mass is 32.2. The van der Waals surface area contributed by atoms with E-state index in [4.69, 9.17) is 0 Å². The Labute approximate surface area is 207 Å². The highest BCUT2D eigenvalue weighted by Gasteiger charge is 2.27. The number of nitrogens with zero attached hydrogens (tertiary/aromatic N) is 8. The number of nitriles is 2. The first-order valence-corrected chi connectivity index (χ1v) is 12.8. The maximum absolute atomic E-state index is 9.65. The number of aliphatic imine (C=N–C) groups is 2. The molecule has 4 rings (SSSR count). The smallest absolute Gasteiger partial charge is 0.116 e. The predicted octanol–water partition coefficient (Wildman–Crippen LogP) is 4.87. The lowest BCUT2D eigenvalue weighted by Gasteiger charge is -2.32. The minimum absolute atomic E-state index is 0.471. The topological polar surface area (TPSA) is 105 Å². The van der Waals surface area contributed by atoms with E-state index in [9.17, 15) is 10.5 Å². The number of thioether (sulfide) groups is 2. The average Bonchev–Trinajstić information content (AvgIpc) is 2.83. The van der Waals surface area contributed by atoms with Gasteiger partial charge in [0, 0.05) is 35.6 Å². The fourth-order valence-electron chi connectivity index (χ4n) is 4.05. The number of fused-ring (bicyclic) bond motifs is 2. The van der Waals surface area contributed by atoms with Crippen LogP contribution in [-0.4, -0.2) is 58.0 Å². The minimum atomic E-state index is 0.471. The Balaban J connectivity index is 1.58. The van der Waals surface area contributed by atoms with Crippen molar-refractivity contribution >= 4 is 59.0 Å². The van der Waals surface area contributed by atoms with Crippen molar-refractivity contribution in [3.63, 3.8) is 0 Å². The first-order valence-electron chi connectivity index (χ1n) is 10.3. The molecule has 4 heterocycles. The van der Waals surface area contributed by atoms with Gasteiger partial charge in [-0.3, -0.25) is 0 Å². The molecule has 170 valence electrons. The zero-order valence-corrected chi connectivity index (χ0v) is 21.0. The van der Waals surface area contributed by atoms with Gasteiger partial charge in [0.25, 0.3) is 0 Å². The normalized spacial score (nSPS) is 14.1. The lowest BCUT2D eigenvalue weighted by molar-refractivity contribution is 0.493. The van der Waals surface area contributed by atoms with E-state index in [-0.39, 0.29) is 0 Å². The Morgan fingerprint density at radius 3 is 1.50 bits per heavy atom. The summed E-state index contributed by atoms with van der Waals surface area (Å²) in [6, 6.07) is 4.47. The van der Waals surface area contributed by atoms with Gasteiger partial charge in [0.05, 0.1) is 35.4 Å².